The zero-order valence-corrected chi connectivity index (χ0v) is 25.7. The van der Waals surface area contributed by atoms with Crippen LogP contribution in [0.25, 0.3) is 17.1 Å². The molecule has 0 saturated carbocycles. The van der Waals surface area contributed by atoms with Gasteiger partial charge in [-0.3, -0.25) is 9.69 Å². The van der Waals surface area contributed by atoms with Crippen LogP contribution in [0.1, 0.15) is 36.5 Å². The van der Waals surface area contributed by atoms with E-state index in [2.05, 4.69) is 25.1 Å². The normalized spacial score (nSPS) is 14.8. The van der Waals surface area contributed by atoms with Crippen LogP contribution in [0.4, 0.5) is 38.1 Å². The number of rotatable bonds is 7. The number of urea groups is 1. The number of carbonyl (C=O) groups excluding carboxylic acids is 2. The summed E-state index contributed by atoms with van der Waals surface area (Å²) in [5, 5.41) is 7.38. The number of ether oxygens (including phenoxy) is 1. The van der Waals surface area contributed by atoms with E-state index in [4.69, 9.17) is 0 Å². The third kappa shape index (κ3) is 6.88. The summed E-state index contributed by atoms with van der Waals surface area (Å²) in [5.74, 6) is -0.226. The number of amides is 3. The molecule has 1 saturated heterocycles. The van der Waals surface area contributed by atoms with Crippen molar-refractivity contribution in [2.75, 3.05) is 16.0 Å². The number of benzene rings is 3. The number of nitrogens with zero attached hydrogens (tertiary/aromatic N) is 5. The highest BCUT2D eigenvalue weighted by Crippen LogP contribution is 2.38. The number of thioether (sulfide) groups is 1. The number of aromatic nitrogens is 3. The zero-order valence-electron chi connectivity index (χ0n) is 24.9. The molecule has 15 heteroatoms. The lowest BCUT2D eigenvalue weighted by Gasteiger charge is -2.22. The second-order valence-electron chi connectivity index (χ2n) is 10.7. The van der Waals surface area contributed by atoms with Gasteiger partial charge >= 0.3 is 18.3 Å². The number of carbonyl (C=O) groups is 2. The van der Waals surface area contributed by atoms with Crippen molar-refractivity contribution in [1.29, 1.82) is 0 Å². The second kappa shape index (κ2) is 12.5. The van der Waals surface area contributed by atoms with Crippen LogP contribution in [0.15, 0.2) is 72.0 Å². The van der Waals surface area contributed by atoms with E-state index < -0.39 is 24.1 Å². The van der Waals surface area contributed by atoms with E-state index in [-0.39, 0.29) is 22.7 Å². The fraction of sp³-hybridized carbons (Fsp3) is 0.258. The molecule has 1 fully saturated rings. The van der Waals surface area contributed by atoms with Gasteiger partial charge in [0.05, 0.1) is 17.1 Å². The molecule has 5 rings (SSSR count). The number of hydrogen-bond donors (Lipinski definition) is 1. The van der Waals surface area contributed by atoms with E-state index in [1.807, 2.05) is 39.0 Å². The molecule has 240 valence electrons. The summed E-state index contributed by atoms with van der Waals surface area (Å²) in [4.78, 5) is 35.7. The Bertz CT molecular complexity index is 1820. The maximum absolute atomic E-state index is 13.2. The predicted molar refractivity (Wildman–Crippen MR) is 165 cm³/mol. The molecule has 0 spiro atoms. The number of hydrogen-bond acceptors (Lipinski definition) is 6. The molecular formula is C31H27F5N6O3S. The van der Waals surface area contributed by atoms with Gasteiger partial charge in [0.25, 0.3) is 0 Å². The summed E-state index contributed by atoms with van der Waals surface area (Å²) in [5.41, 5.74) is 4.75. The minimum Gasteiger partial charge on any atom is -0.426 e. The molecule has 1 aliphatic rings. The van der Waals surface area contributed by atoms with Crippen LogP contribution in [0, 0.1) is 13.8 Å². The number of aliphatic imine (C=N–C) groups is 1. The maximum atomic E-state index is 13.2. The van der Waals surface area contributed by atoms with Crippen LogP contribution < -0.4 is 15.0 Å². The van der Waals surface area contributed by atoms with E-state index >= 15 is 0 Å². The molecular weight excluding hydrogens is 631 g/mol. The first-order valence-corrected chi connectivity index (χ1v) is 14.8. The lowest BCUT2D eigenvalue weighted by molar-refractivity contribution is -0.360. The van der Waals surface area contributed by atoms with E-state index in [0.29, 0.717) is 34.0 Å². The van der Waals surface area contributed by atoms with Gasteiger partial charge in [0.15, 0.2) is 11.0 Å². The third-order valence-electron chi connectivity index (χ3n) is 6.90. The number of nitrogens with one attached hydrogen (secondary N) is 1. The van der Waals surface area contributed by atoms with Crippen molar-refractivity contribution in [3.8, 4) is 22.8 Å². The molecule has 0 bridgehead atoms. The first-order valence-electron chi connectivity index (χ1n) is 13.9. The molecule has 3 aromatic carbocycles. The van der Waals surface area contributed by atoms with Gasteiger partial charge < -0.3 is 10.1 Å². The Hall–Kier alpha value is -4.79. The Morgan fingerprint density at radius 3 is 2.39 bits per heavy atom. The van der Waals surface area contributed by atoms with Crippen molar-refractivity contribution in [2.45, 2.75) is 45.9 Å². The van der Waals surface area contributed by atoms with Crippen molar-refractivity contribution in [1.82, 2.24) is 14.8 Å². The van der Waals surface area contributed by atoms with Crippen molar-refractivity contribution in [2.24, 2.45) is 4.99 Å². The summed E-state index contributed by atoms with van der Waals surface area (Å²) >= 11 is 1.19. The lowest BCUT2D eigenvalue weighted by Crippen LogP contribution is -2.41. The third-order valence-corrected chi connectivity index (χ3v) is 7.82. The van der Waals surface area contributed by atoms with Gasteiger partial charge in [0.2, 0.25) is 5.91 Å². The Morgan fingerprint density at radius 2 is 1.74 bits per heavy atom. The predicted octanol–water partition coefficient (Wildman–Crippen LogP) is 7.88. The van der Waals surface area contributed by atoms with Gasteiger partial charge in [-0.05, 0) is 85.0 Å². The number of alkyl halides is 5. The van der Waals surface area contributed by atoms with Crippen LogP contribution in [0.3, 0.4) is 0 Å². The minimum atomic E-state index is -5.85. The average Bonchev–Trinajstić information content (AvgIpc) is 3.59. The minimum absolute atomic E-state index is 0.147. The van der Waals surface area contributed by atoms with Crippen molar-refractivity contribution in [3.05, 3.63) is 83.7 Å². The molecule has 46 heavy (non-hydrogen) atoms. The number of amidine groups is 1. The molecule has 2 heterocycles. The zero-order chi connectivity index (χ0) is 33.4. The fourth-order valence-electron chi connectivity index (χ4n) is 4.63. The molecule has 1 aliphatic heterocycles. The van der Waals surface area contributed by atoms with Gasteiger partial charge in [-0.2, -0.15) is 26.9 Å². The lowest BCUT2D eigenvalue weighted by atomic mass is 9.99. The van der Waals surface area contributed by atoms with Crippen LogP contribution in [0.5, 0.6) is 5.75 Å². The monoisotopic (exact) mass is 658 g/mol. The number of anilines is 2. The van der Waals surface area contributed by atoms with Crippen molar-refractivity contribution in [3.63, 3.8) is 0 Å². The quantitative estimate of drug-likeness (QED) is 0.203. The van der Waals surface area contributed by atoms with E-state index in [9.17, 15) is 31.5 Å². The van der Waals surface area contributed by atoms with E-state index in [0.717, 1.165) is 23.3 Å². The van der Waals surface area contributed by atoms with Crippen LogP contribution >= 0.6 is 11.8 Å². The first kappa shape index (κ1) is 32.6. The molecule has 0 unspecified atom stereocenters. The summed E-state index contributed by atoms with van der Waals surface area (Å²) < 4.78 is 68.8. The van der Waals surface area contributed by atoms with Gasteiger partial charge in [0.1, 0.15) is 12.1 Å². The van der Waals surface area contributed by atoms with Crippen molar-refractivity contribution >= 4 is 40.2 Å². The molecule has 0 radical (unpaired) electrons. The largest absolute Gasteiger partial charge is 0.499 e. The van der Waals surface area contributed by atoms with Gasteiger partial charge in [-0.1, -0.05) is 37.7 Å². The van der Waals surface area contributed by atoms with E-state index in [1.165, 1.54) is 39.8 Å². The van der Waals surface area contributed by atoms with Crippen LogP contribution in [0.2, 0.25) is 0 Å². The molecule has 0 atom stereocenters. The average molecular weight is 659 g/mol. The van der Waals surface area contributed by atoms with Crippen LogP contribution in [-0.4, -0.2) is 49.9 Å². The molecule has 9 nitrogen and oxygen atoms in total. The number of halogens is 5. The smallest absolute Gasteiger partial charge is 0.426 e. The highest BCUT2D eigenvalue weighted by atomic mass is 32.2. The van der Waals surface area contributed by atoms with Gasteiger partial charge in [-0.25, -0.2) is 14.5 Å². The Balaban J connectivity index is 1.29. The van der Waals surface area contributed by atoms with Gasteiger partial charge in [0, 0.05) is 11.3 Å². The second-order valence-corrected chi connectivity index (χ2v) is 11.7. The molecule has 4 aromatic rings. The first-order chi connectivity index (χ1) is 21.6. The highest BCUT2D eigenvalue weighted by Gasteiger charge is 2.61. The van der Waals surface area contributed by atoms with E-state index in [1.54, 1.807) is 25.1 Å². The highest BCUT2D eigenvalue weighted by molar-refractivity contribution is 8.15. The topological polar surface area (TPSA) is 102 Å². The SMILES string of the molecule is Cc1ccc(C(C)C)c(N2C(=O)CS/C2=N\C(=O)Nc2ccc(-c3ncn(-c4ccc(OC(F)(F)C(F)(F)F)cc4)n3)c(C)c2)c1. The summed E-state index contributed by atoms with van der Waals surface area (Å²) in [7, 11) is 0. The van der Waals surface area contributed by atoms with Crippen LogP contribution in [-0.2, 0) is 4.79 Å². The summed E-state index contributed by atoms with van der Waals surface area (Å²) in [6, 6.07) is 14.7. The Labute approximate surface area is 264 Å². The fourth-order valence-corrected chi connectivity index (χ4v) is 5.49. The molecule has 3 amide bonds. The molecule has 1 N–H and O–H groups in total. The summed E-state index contributed by atoms with van der Waals surface area (Å²) in [6.07, 6.45) is -9.84. The molecule has 1 aromatic heterocycles. The maximum Gasteiger partial charge on any atom is 0.499 e. The van der Waals surface area contributed by atoms with Crippen molar-refractivity contribution < 1.29 is 36.3 Å². The molecule has 0 aliphatic carbocycles. The number of aryl methyl sites for hydroxylation is 2. The Kier molecular flexibility index (Phi) is 8.89. The van der Waals surface area contributed by atoms with Gasteiger partial charge in [-0.15, -0.1) is 5.10 Å². The Morgan fingerprint density at radius 1 is 1.02 bits per heavy atom. The standard InChI is InChI=1S/C31H27F5N6O3S/c1-17(2)23-11-5-18(3)13-25(23)42-26(43)15-46-29(42)39-28(44)38-20-6-12-24(19(4)14-20)27-37-16-41(40-27)21-7-9-22(10-8-21)45-31(35,36)30(32,33)34/h5-14,16-17H,15H2,1-4H3,(H,38,44)/b39-29-. The summed E-state index contributed by atoms with van der Waals surface area (Å²) in [6.45, 7) is 7.77.